The fraction of sp³-hybridized carbons (Fsp3) is 0.722. The predicted molar refractivity (Wildman–Crippen MR) is 178 cm³/mol. The molecule has 3 saturated carbocycles. The molecule has 0 bridgehead atoms. The van der Waals surface area contributed by atoms with Crippen molar-refractivity contribution in [3.63, 3.8) is 0 Å². The van der Waals surface area contributed by atoms with Crippen LogP contribution >= 0.6 is 0 Å². The number of nitrogens with zero attached hydrogens (tertiary/aromatic N) is 1. The van der Waals surface area contributed by atoms with Crippen molar-refractivity contribution >= 4 is 35.5 Å². The van der Waals surface area contributed by atoms with Crippen LogP contribution in [0.4, 0.5) is 4.79 Å². The smallest absolute Gasteiger partial charge is 0.329 e. The molecule has 1 saturated heterocycles. The number of furan rings is 1. The van der Waals surface area contributed by atoms with E-state index in [2.05, 4.69) is 29.8 Å². The van der Waals surface area contributed by atoms with E-state index in [1.807, 2.05) is 0 Å². The summed E-state index contributed by atoms with van der Waals surface area (Å²) in [6.45, 7) is 9.78. The molecule has 5 amide bonds. The highest BCUT2D eigenvalue weighted by atomic mass is 16.5. The van der Waals surface area contributed by atoms with Gasteiger partial charge in [0.15, 0.2) is 0 Å². The topological polar surface area (TPSA) is 190 Å². The summed E-state index contributed by atoms with van der Waals surface area (Å²) >= 11 is 0. The molecule has 1 aromatic rings. The Bertz CT molecular complexity index is 1410. The van der Waals surface area contributed by atoms with Gasteiger partial charge in [-0.3, -0.25) is 19.2 Å². The van der Waals surface area contributed by atoms with E-state index in [1.165, 1.54) is 6.26 Å². The molecule has 0 spiro atoms. The Hall–Kier alpha value is -3.90. The summed E-state index contributed by atoms with van der Waals surface area (Å²) in [6.07, 6.45) is 8.96. The van der Waals surface area contributed by atoms with Crippen LogP contribution in [0, 0.1) is 34.5 Å². The van der Waals surface area contributed by atoms with Gasteiger partial charge in [-0.15, -0.1) is 0 Å². The van der Waals surface area contributed by atoms with Gasteiger partial charge >= 0.3 is 12.0 Å². The average molecular weight is 684 g/mol. The number of ether oxygens (including phenoxy) is 1. The summed E-state index contributed by atoms with van der Waals surface area (Å²) in [6, 6.07) is -1.20. The van der Waals surface area contributed by atoms with Gasteiger partial charge < -0.3 is 35.7 Å². The molecule has 4 aliphatic rings. The third-order valence-corrected chi connectivity index (χ3v) is 11.4. The molecule has 5 N–H and O–H groups in total. The summed E-state index contributed by atoms with van der Waals surface area (Å²) in [5.74, 6) is -2.97. The van der Waals surface area contributed by atoms with E-state index in [1.54, 1.807) is 37.8 Å². The molecule has 13 nitrogen and oxygen atoms in total. The quantitative estimate of drug-likeness (QED) is 0.180. The molecule has 0 aromatic carbocycles. The number of nitrogens with two attached hydrogens (primary N) is 1. The van der Waals surface area contributed by atoms with E-state index < -0.39 is 59.2 Å². The molecule has 6 atom stereocenters. The summed E-state index contributed by atoms with van der Waals surface area (Å²) in [5.41, 5.74) is 4.44. The van der Waals surface area contributed by atoms with Crippen molar-refractivity contribution in [2.45, 2.75) is 123 Å². The Morgan fingerprint density at radius 2 is 1.69 bits per heavy atom. The second-order valence-corrected chi connectivity index (χ2v) is 16.2. The zero-order valence-corrected chi connectivity index (χ0v) is 29.4. The van der Waals surface area contributed by atoms with Crippen molar-refractivity contribution in [1.82, 2.24) is 20.9 Å². The van der Waals surface area contributed by atoms with E-state index in [0.717, 1.165) is 51.4 Å². The Morgan fingerprint density at radius 3 is 2.27 bits per heavy atom. The summed E-state index contributed by atoms with van der Waals surface area (Å²) < 4.78 is 10.7. The van der Waals surface area contributed by atoms with Crippen LogP contribution in [0.15, 0.2) is 22.8 Å². The van der Waals surface area contributed by atoms with Gasteiger partial charge in [-0.05, 0) is 65.9 Å². The van der Waals surface area contributed by atoms with Gasteiger partial charge in [-0.1, -0.05) is 73.1 Å². The number of carbonyl (C=O) groups excluding carboxylic acids is 6. The van der Waals surface area contributed by atoms with Gasteiger partial charge in [0.25, 0.3) is 5.91 Å². The van der Waals surface area contributed by atoms with E-state index in [9.17, 15) is 28.8 Å². The Balaban J connectivity index is 1.33. The maximum absolute atomic E-state index is 14.5. The van der Waals surface area contributed by atoms with Crippen LogP contribution in [0.3, 0.4) is 0 Å². The van der Waals surface area contributed by atoms with E-state index in [4.69, 9.17) is 14.9 Å². The van der Waals surface area contributed by atoms with Gasteiger partial charge in [0.2, 0.25) is 17.6 Å². The van der Waals surface area contributed by atoms with Crippen LogP contribution in [-0.4, -0.2) is 71.1 Å². The van der Waals surface area contributed by atoms with Crippen molar-refractivity contribution < 1.29 is 37.9 Å². The number of Topliss-reactive ketones (excluding diaryl/α,β-unsaturated/α-hetero) is 1. The molecule has 3 aliphatic carbocycles. The lowest BCUT2D eigenvalue weighted by atomic mass is 9.80. The molecule has 13 heteroatoms. The number of nitrogens with one attached hydrogen (secondary N) is 3. The van der Waals surface area contributed by atoms with Gasteiger partial charge in [0.05, 0.1) is 12.3 Å². The zero-order chi connectivity index (χ0) is 35.7. The third kappa shape index (κ3) is 8.12. The SMILES string of the molecule is CC(C)(C)[C@H](NC(=O)N[C@H](C(=O)N1C[C@H]2[C@@H]([C@H]1C(=O)NC(CC1CCC1)C(=O)C(N)=O)C2(C)C)C1CCCCC1)C(=O)OCc1ccco1. The first-order valence-electron chi connectivity index (χ1n) is 17.8. The molecule has 2 heterocycles. The lowest BCUT2D eigenvalue weighted by Gasteiger charge is -2.38. The van der Waals surface area contributed by atoms with Gasteiger partial charge in [0.1, 0.15) is 30.5 Å². The van der Waals surface area contributed by atoms with E-state index in [-0.39, 0.29) is 41.6 Å². The number of hydrogen-bond donors (Lipinski definition) is 4. The highest BCUT2D eigenvalue weighted by molar-refractivity contribution is 6.37. The maximum Gasteiger partial charge on any atom is 0.329 e. The standard InChI is InChI=1S/C36H53N5O8/c1-35(2,3)29(33(46)49-19-22-15-10-16-48-22)40-34(47)39-26(21-13-7-6-8-14-21)32(45)41-18-23-25(36(23,4)5)27(41)31(44)38-24(28(42)30(37)43)17-20-11-9-12-20/h10,15-16,20-21,23-27,29H,6-9,11-14,17-19H2,1-5H3,(H2,37,43)(H,38,44)(H2,39,40,47)/t23-,24?,25-,26-,27-,29+/m0/s1. The molecule has 1 aromatic heterocycles. The number of esters is 1. The molecule has 49 heavy (non-hydrogen) atoms. The second-order valence-electron chi connectivity index (χ2n) is 16.2. The number of hydrogen-bond acceptors (Lipinski definition) is 8. The molecular weight excluding hydrogens is 630 g/mol. The summed E-state index contributed by atoms with van der Waals surface area (Å²) in [5, 5.41) is 8.47. The largest absolute Gasteiger partial charge is 0.466 e. The number of carbonyl (C=O) groups is 6. The second kappa shape index (κ2) is 14.5. The predicted octanol–water partition coefficient (Wildman–Crippen LogP) is 3.20. The Kier molecular flexibility index (Phi) is 10.8. The highest BCUT2D eigenvalue weighted by Gasteiger charge is 2.69. The highest BCUT2D eigenvalue weighted by Crippen LogP contribution is 2.65. The summed E-state index contributed by atoms with van der Waals surface area (Å²) in [7, 11) is 0. The van der Waals surface area contributed by atoms with Crippen molar-refractivity contribution in [3.8, 4) is 0 Å². The van der Waals surface area contributed by atoms with E-state index >= 15 is 0 Å². The average Bonchev–Trinajstić information content (AvgIpc) is 3.46. The van der Waals surface area contributed by atoms with Gasteiger partial charge in [-0.25, -0.2) is 9.59 Å². The Morgan fingerprint density at radius 1 is 1.00 bits per heavy atom. The number of rotatable bonds is 13. The van der Waals surface area contributed by atoms with Gasteiger partial charge in [0, 0.05) is 6.54 Å². The van der Waals surface area contributed by atoms with Crippen LogP contribution in [-0.2, 0) is 35.3 Å². The molecule has 270 valence electrons. The number of fused-ring (bicyclic) bond motifs is 1. The number of ketones is 1. The first kappa shape index (κ1) is 36.4. The lowest BCUT2D eigenvalue weighted by molar-refractivity contribution is -0.150. The monoisotopic (exact) mass is 683 g/mol. The minimum absolute atomic E-state index is 0.0687. The number of primary amides is 1. The number of likely N-dealkylation sites (tertiary alicyclic amines) is 1. The molecular formula is C36H53N5O8. The normalized spacial score (nSPS) is 25.2. The van der Waals surface area contributed by atoms with Crippen LogP contribution in [0.1, 0.15) is 98.2 Å². The van der Waals surface area contributed by atoms with Crippen molar-refractivity contribution in [2.24, 2.45) is 40.2 Å². The van der Waals surface area contributed by atoms with Crippen LogP contribution in [0.5, 0.6) is 0 Å². The first-order valence-corrected chi connectivity index (χ1v) is 17.8. The minimum atomic E-state index is -1.10. The third-order valence-electron chi connectivity index (χ3n) is 11.4. The van der Waals surface area contributed by atoms with Crippen LogP contribution in [0.2, 0.25) is 0 Å². The lowest BCUT2D eigenvalue weighted by Crippen LogP contribution is -2.61. The molecule has 0 radical (unpaired) electrons. The fourth-order valence-corrected chi connectivity index (χ4v) is 8.13. The van der Waals surface area contributed by atoms with Crippen molar-refractivity contribution in [1.29, 1.82) is 0 Å². The van der Waals surface area contributed by atoms with Gasteiger partial charge in [-0.2, -0.15) is 0 Å². The molecule has 5 rings (SSSR count). The van der Waals surface area contributed by atoms with Crippen LogP contribution < -0.4 is 21.7 Å². The van der Waals surface area contributed by atoms with Crippen molar-refractivity contribution in [3.05, 3.63) is 24.2 Å². The molecule has 4 fully saturated rings. The number of piperidine rings is 1. The van der Waals surface area contributed by atoms with E-state index in [0.29, 0.717) is 18.7 Å². The minimum Gasteiger partial charge on any atom is -0.466 e. The molecule has 1 aliphatic heterocycles. The Labute approximate surface area is 288 Å². The number of urea groups is 1. The molecule has 1 unspecified atom stereocenters. The van der Waals surface area contributed by atoms with Crippen molar-refractivity contribution in [2.75, 3.05) is 6.54 Å². The number of amides is 5. The maximum atomic E-state index is 14.5. The van der Waals surface area contributed by atoms with Crippen LogP contribution in [0.25, 0.3) is 0 Å². The summed E-state index contributed by atoms with van der Waals surface area (Å²) in [4.78, 5) is 81.6. The zero-order valence-electron chi connectivity index (χ0n) is 29.4. The first-order chi connectivity index (χ1) is 23.1. The fourth-order valence-electron chi connectivity index (χ4n) is 8.13.